The van der Waals surface area contributed by atoms with E-state index < -0.39 is 0 Å². The van der Waals surface area contributed by atoms with E-state index in [1.807, 2.05) is 0 Å². The topological polar surface area (TPSA) is 124 Å². The van der Waals surface area contributed by atoms with Crippen molar-refractivity contribution in [1.82, 2.24) is 33.1 Å². The molecule has 0 radical (unpaired) electrons. The van der Waals surface area contributed by atoms with Crippen LogP contribution in [0, 0.1) is 0 Å². The molecular formula is CH12N8. The lowest BCUT2D eigenvalue weighted by molar-refractivity contribution is 0.298. The summed E-state index contributed by atoms with van der Waals surface area (Å²) in [7, 11) is 0. The number of hydrazine groups is 6. The van der Waals surface area contributed by atoms with Gasteiger partial charge in [-0.05, 0) is 0 Å². The lowest BCUT2D eigenvalue weighted by Gasteiger charge is -2.07. The van der Waals surface area contributed by atoms with E-state index in [-0.39, 0.29) is 0 Å². The molecule has 0 heterocycles. The fourth-order valence-corrected chi connectivity index (χ4v) is 0.194. The summed E-state index contributed by atoms with van der Waals surface area (Å²) in [5, 5.41) is 0. The van der Waals surface area contributed by atoms with E-state index in [0.717, 1.165) is 0 Å². The molecule has 0 unspecified atom stereocenters. The number of nitrogens with two attached hydrogens (primary N) is 2. The predicted molar refractivity (Wildman–Crippen MR) is 32.1 cm³/mol. The minimum Gasteiger partial charge on any atom is -0.317 e. The van der Waals surface area contributed by atoms with Gasteiger partial charge in [0.2, 0.25) is 0 Å². The normalized spacial score (nSPS) is 10.0. The van der Waals surface area contributed by atoms with Gasteiger partial charge >= 0.3 is 0 Å². The summed E-state index contributed by atoms with van der Waals surface area (Å²) in [6.45, 7) is 0.324. The fraction of sp³-hybridized carbons (Fsp3) is 1.00. The second-order valence-corrected chi connectivity index (χ2v) is 1.03. The SMILES string of the molecule is NCNNNNNNN. The van der Waals surface area contributed by atoms with E-state index in [2.05, 4.69) is 33.1 Å². The van der Waals surface area contributed by atoms with Gasteiger partial charge in [-0.15, -0.1) is 0 Å². The van der Waals surface area contributed by atoms with Crippen molar-refractivity contribution in [3.8, 4) is 0 Å². The fourth-order valence-electron chi connectivity index (χ4n) is 0.194. The predicted octanol–water partition coefficient (Wildman–Crippen LogP) is -4.11. The van der Waals surface area contributed by atoms with Gasteiger partial charge in [0.25, 0.3) is 0 Å². The molecule has 0 aliphatic heterocycles. The van der Waals surface area contributed by atoms with Gasteiger partial charge in [0.1, 0.15) is 0 Å². The zero-order valence-electron chi connectivity index (χ0n) is 4.86. The summed E-state index contributed by atoms with van der Waals surface area (Å²) in [6, 6.07) is 0. The molecule has 8 nitrogen and oxygen atoms in total. The minimum absolute atomic E-state index is 0.324. The Kier molecular flexibility index (Phi) is 7.41. The Morgan fingerprint density at radius 2 is 1.67 bits per heavy atom. The molecule has 0 bridgehead atoms. The lowest BCUT2D eigenvalue weighted by Crippen LogP contribution is -2.60. The summed E-state index contributed by atoms with van der Waals surface area (Å²) in [5.74, 6) is 4.81. The summed E-state index contributed by atoms with van der Waals surface area (Å²) in [5.41, 5.74) is 19.4. The van der Waals surface area contributed by atoms with Crippen LogP contribution in [0.4, 0.5) is 0 Å². The van der Waals surface area contributed by atoms with Crippen molar-refractivity contribution in [2.75, 3.05) is 6.67 Å². The molecule has 0 aromatic heterocycles. The Bertz CT molecular complexity index is 37.8. The first-order valence-electron chi connectivity index (χ1n) is 2.30. The standard InChI is InChI=1S/CH12N8/c2-1-4-6-8-9-7-5-3/h4-9H,1-3H2. The first-order chi connectivity index (χ1) is 4.41. The van der Waals surface area contributed by atoms with Crippen LogP contribution in [0.15, 0.2) is 0 Å². The molecule has 0 aliphatic carbocycles. The first-order valence-corrected chi connectivity index (χ1v) is 2.30. The van der Waals surface area contributed by atoms with Crippen LogP contribution in [0.2, 0.25) is 0 Å². The molecule has 0 saturated heterocycles. The summed E-state index contributed by atoms with van der Waals surface area (Å²) < 4.78 is 0. The molecule has 9 heavy (non-hydrogen) atoms. The van der Waals surface area contributed by atoms with Crippen LogP contribution in [-0.4, -0.2) is 6.67 Å². The van der Waals surface area contributed by atoms with Crippen molar-refractivity contribution in [1.29, 1.82) is 0 Å². The van der Waals surface area contributed by atoms with Gasteiger partial charge < -0.3 is 5.73 Å². The van der Waals surface area contributed by atoms with Crippen LogP contribution in [0.1, 0.15) is 0 Å². The van der Waals surface area contributed by atoms with Crippen LogP contribution in [-0.2, 0) is 0 Å². The Morgan fingerprint density at radius 1 is 1.00 bits per heavy atom. The lowest BCUT2D eigenvalue weighted by atomic mass is 11.2. The molecule has 56 valence electrons. The molecule has 0 atom stereocenters. The van der Waals surface area contributed by atoms with Crippen LogP contribution >= 0.6 is 0 Å². The summed E-state index contributed by atoms with van der Waals surface area (Å²) in [4.78, 5) is 0. The van der Waals surface area contributed by atoms with Gasteiger partial charge in [-0.1, -0.05) is 0 Å². The molecule has 0 aliphatic rings. The average Bonchev–Trinajstić information content (AvgIpc) is 1.89. The van der Waals surface area contributed by atoms with Crippen molar-refractivity contribution in [2.24, 2.45) is 11.6 Å². The van der Waals surface area contributed by atoms with Crippen molar-refractivity contribution < 1.29 is 0 Å². The molecule has 0 saturated carbocycles. The van der Waals surface area contributed by atoms with E-state index in [0.29, 0.717) is 6.67 Å². The van der Waals surface area contributed by atoms with Gasteiger partial charge in [0.15, 0.2) is 0 Å². The zero-order chi connectivity index (χ0) is 6.95. The van der Waals surface area contributed by atoms with Gasteiger partial charge in [-0.2, -0.15) is 27.7 Å². The van der Waals surface area contributed by atoms with E-state index >= 15 is 0 Å². The highest BCUT2D eigenvalue weighted by Crippen LogP contribution is 1.25. The quantitative estimate of drug-likeness (QED) is 0.0801. The van der Waals surface area contributed by atoms with Gasteiger partial charge in [0.05, 0.1) is 6.67 Å². The van der Waals surface area contributed by atoms with E-state index in [1.54, 1.807) is 0 Å². The third kappa shape index (κ3) is 7.68. The highest BCUT2D eigenvalue weighted by atomic mass is 15.9. The van der Waals surface area contributed by atoms with Crippen molar-refractivity contribution in [3.05, 3.63) is 0 Å². The molecule has 0 rings (SSSR count). The second-order valence-electron chi connectivity index (χ2n) is 1.03. The van der Waals surface area contributed by atoms with E-state index in [4.69, 9.17) is 11.6 Å². The van der Waals surface area contributed by atoms with Gasteiger partial charge in [-0.25, -0.2) is 5.43 Å². The highest BCUT2D eigenvalue weighted by molar-refractivity contribution is 4.17. The number of hydrogen-bond donors (Lipinski definition) is 8. The maximum Gasteiger partial charge on any atom is 0.0578 e. The first kappa shape index (κ1) is 8.68. The molecule has 0 aromatic carbocycles. The smallest absolute Gasteiger partial charge is 0.0578 e. The van der Waals surface area contributed by atoms with Crippen molar-refractivity contribution in [3.63, 3.8) is 0 Å². The van der Waals surface area contributed by atoms with Crippen LogP contribution in [0.25, 0.3) is 0 Å². The third-order valence-corrected chi connectivity index (χ3v) is 0.450. The Balaban J connectivity index is 2.60. The largest absolute Gasteiger partial charge is 0.317 e. The number of hydrogen-bond acceptors (Lipinski definition) is 8. The van der Waals surface area contributed by atoms with Crippen LogP contribution in [0.3, 0.4) is 0 Å². The van der Waals surface area contributed by atoms with Crippen LogP contribution < -0.4 is 44.7 Å². The second kappa shape index (κ2) is 7.68. The molecule has 0 aromatic rings. The maximum atomic E-state index is 5.04. The highest BCUT2D eigenvalue weighted by Gasteiger charge is 1.74. The molecule has 0 spiro atoms. The Hall–Kier alpha value is -0.320. The average molecular weight is 136 g/mol. The third-order valence-electron chi connectivity index (χ3n) is 0.450. The Morgan fingerprint density at radius 3 is 2.22 bits per heavy atom. The van der Waals surface area contributed by atoms with Crippen LogP contribution in [0.5, 0.6) is 0 Å². The monoisotopic (exact) mass is 136 g/mol. The zero-order valence-corrected chi connectivity index (χ0v) is 4.86. The minimum atomic E-state index is 0.324. The molecule has 0 amide bonds. The van der Waals surface area contributed by atoms with Gasteiger partial charge in [-0.3, -0.25) is 5.84 Å². The Labute approximate surface area is 52.5 Å². The molecular weight excluding hydrogens is 124 g/mol. The van der Waals surface area contributed by atoms with Crippen molar-refractivity contribution in [2.45, 2.75) is 0 Å². The number of nitrogens with one attached hydrogen (secondary N) is 6. The summed E-state index contributed by atoms with van der Waals surface area (Å²) in [6.07, 6.45) is 0. The molecule has 10 N–H and O–H groups in total. The molecule has 0 fully saturated rings. The summed E-state index contributed by atoms with van der Waals surface area (Å²) >= 11 is 0. The van der Waals surface area contributed by atoms with Gasteiger partial charge in [0, 0.05) is 0 Å². The maximum absolute atomic E-state index is 5.04. The number of rotatable bonds is 6. The molecule has 8 heteroatoms. The van der Waals surface area contributed by atoms with E-state index in [1.165, 1.54) is 0 Å². The van der Waals surface area contributed by atoms with Crippen molar-refractivity contribution >= 4 is 0 Å². The van der Waals surface area contributed by atoms with E-state index in [9.17, 15) is 0 Å².